The summed E-state index contributed by atoms with van der Waals surface area (Å²) in [6.07, 6.45) is -3.25. The highest BCUT2D eigenvalue weighted by Crippen LogP contribution is 2.36. The van der Waals surface area contributed by atoms with Gasteiger partial charge in [-0.05, 0) is 48.7 Å². The van der Waals surface area contributed by atoms with Crippen LogP contribution in [0.1, 0.15) is 37.8 Å². The fourth-order valence-corrected chi connectivity index (χ4v) is 5.19. The van der Waals surface area contributed by atoms with Crippen LogP contribution in [0.3, 0.4) is 0 Å². The summed E-state index contributed by atoms with van der Waals surface area (Å²) in [5, 5.41) is 2.95. The fourth-order valence-electron chi connectivity index (χ4n) is 3.59. The Bertz CT molecular complexity index is 1280. The zero-order chi connectivity index (χ0) is 28.8. The molecule has 7 nitrogen and oxygen atoms in total. The summed E-state index contributed by atoms with van der Waals surface area (Å²) in [5.74, 6) is -1.33. The van der Waals surface area contributed by atoms with Crippen LogP contribution in [0.5, 0.6) is 0 Å². The van der Waals surface area contributed by atoms with E-state index >= 15 is 0 Å². The van der Waals surface area contributed by atoms with Crippen molar-refractivity contribution in [2.75, 3.05) is 23.7 Å². The molecule has 0 bridgehead atoms. The Hall–Kier alpha value is -2.21. The molecule has 1 N–H and O–H groups in total. The smallest absolute Gasteiger partial charge is 0.354 e. The first kappa shape index (κ1) is 32.0. The molecule has 2 rings (SSSR count). The highest BCUT2D eigenvalue weighted by atomic mass is 35.5. The maximum absolute atomic E-state index is 13.6. The van der Waals surface area contributed by atoms with Crippen LogP contribution < -0.4 is 9.62 Å². The monoisotopic (exact) mass is 615 g/mol. The van der Waals surface area contributed by atoms with Crippen LogP contribution in [0.25, 0.3) is 0 Å². The Morgan fingerprint density at radius 1 is 1.03 bits per heavy atom. The SMILES string of the molecule is CCCNC(=O)[C@@H](CC)N(Cc1ccc(Cl)cc1Cl)C(=O)CN(c1cc(C(F)(F)F)ccc1Cl)S(C)(=O)=O. The number of sulfonamides is 1. The maximum Gasteiger partial charge on any atom is 0.416 e. The lowest BCUT2D eigenvalue weighted by atomic mass is 10.1. The topological polar surface area (TPSA) is 86.8 Å². The van der Waals surface area contributed by atoms with E-state index in [-0.39, 0.29) is 23.0 Å². The molecule has 1 atom stereocenters. The third-order valence-electron chi connectivity index (χ3n) is 5.51. The van der Waals surface area contributed by atoms with E-state index in [9.17, 15) is 31.2 Å². The second-order valence-electron chi connectivity index (χ2n) is 8.41. The van der Waals surface area contributed by atoms with E-state index in [0.29, 0.717) is 40.0 Å². The molecule has 14 heteroatoms. The first-order valence-electron chi connectivity index (χ1n) is 11.5. The van der Waals surface area contributed by atoms with Gasteiger partial charge in [-0.3, -0.25) is 13.9 Å². The molecule has 0 unspecified atom stereocenters. The molecule has 0 aromatic heterocycles. The number of hydrogen-bond acceptors (Lipinski definition) is 4. The number of benzene rings is 2. The van der Waals surface area contributed by atoms with Crippen molar-refractivity contribution in [2.45, 2.75) is 45.5 Å². The molecule has 2 aromatic rings. The van der Waals surface area contributed by atoms with Crippen LogP contribution in [-0.2, 0) is 32.3 Å². The number of nitrogens with zero attached hydrogens (tertiary/aromatic N) is 2. The summed E-state index contributed by atoms with van der Waals surface area (Å²) < 4.78 is 65.9. The summed E-state index contributed by atoms with van der Waals surface area (Å²) in [5.41, 5.74) is -1.24. The van der Waals surface area contributed by atoms with Crippen LogP contribution in [-0.4, -0.2) is 50.5 Å². The highest BCUT2D eigenvalue weighted by molar-refractivity contribution is 7.92. The number of halogens is 6. The number of nitrogens with one attached hydrogen (secondary N) is 1. The van der Waals surface area contributed by atoms with Gasteiger partial charge in [0, 0.05) is 23.1 Å². The van der Waals surface area contributed by atoms with E-state index in [1.54, 1.807) is 13.0 Å². The first-order chi connectivity index (χ1) is 17.6. The van der Waals surface area contributed by atoms with Gasteiger partial charge in [0.1, 0.15) is 12.6 Å². The summed E-state index contributed by atoms with van der Waals surface area (Å²) in [4.78, 5) is 27.7. The quantitative estimate of drug-likeness (QED) is 0.348. The Morgan fingerprint density at radius 3 is 2.21 bits per heavy atom. The van der Waals surface area contributed by atoms with Gasteiger partial charge >= 0.3 is 6.18 Å². The molecule has 0 aliphatic carbocycles. The van der Waals surface area contributed by atoms with E-state index in [4.69, 9.17) is 34.8 Å². The van der Waals surface area contributed by atoms with Crippen molar-refractivity contribution in [3.05, 3.63) is 62.6 Å². The number of amides is 2. The largest absolute Gasteiger partial charge is 0.416 e. The first-order valence-corrected chi connectivity index (χ1v) is 14.4. The molecule has 2 amide bonds. The molecule has 38 heavy (non-hydrogen) atoms. The standard InChI is InChI=1S/C24H27Cl3F3N3O4S/c1-4-10-31-23(35)20(5-2)32(13-15-6-8-17(25)12-19(15)27)22(34)14-33(38(3,36)37)21-11-16(24(28,29)30)7-9-18(21)26/h6-9,11-12,20H,4-5,10,13-14H2,1-3H3,(H,31,35)/t20-/m1/s1. The van der Waals surface area contributed by atoms with Gasteiger partial charge in [-0.15, -0.1) is 0 Å². The van der Waals surface area contributed by atoms with Crippen molar-refractivity contribution in [2.24, 2.45) is 0 Å². The van der Waals surface area contributed by atoms with Crippen molar-refractivity contribution in [1.82, 2.24) is 10.2 Å². The average Bonchev–Trinajstić information content (AvgIpc) is 2.81. The predicted molar refractivity (Wildman–Crippen MR) is 143 cm³/mol. The molecular formula is C24H27Cl3F3N3O4S. The maximum atomic E-state index is 13.6. The van der Waals surface area contributed by atoms with E-state index in [0.717, 1.165) is 17.2 Å². The molecule has 210 valence electrons. The summed E-state index contributed by atoms with van der Waals surface area (Å²) in [6, 6.07) is 5.68. The summed E-state index contributed by atoms with van der Waals surface area (Å²) in [7, 11) is -4.29. The van der Waals surface area contributed by atoms with Crippen molar-refractivity contribution < 1.29 is 31.2 Å². The van der Waals surface area contributed by atoms with Crippen molar-refractivity contribution in [1.29, 1.82) is 0 Å². The van der Waals surface area contributed by atoms with E-state index in [1.165, 1.54) is 12.1 Å². The number of rotatable bonds is 11. The van der Waals surface area contributed by atoms with Crippen LogP contribution in [0.4, 0.5) is 18.9 Å². The Morgan fingerprint density at radius 2 is 1.68 bits per heavy atom. The normalized spacial score (nSPS) is 12.7. The van der Waals surface area contributed by atoms with Gasteiger partial charge in [-0.2, -0.15) is 13.2 Å². The molecule has 0 heterocycles. The van der Waals surface area contributed by atoms with Crippen LogP contribution >= 0.6 is 34.8 Å². The van der Waals surface area contributed by atoms with Crippen molar-refractivity contribution in [3.8, 4) is 0 Å². The number of anilines is 1. The summed E-state index contributed by atoms with van der Waals surface area (Å²) in [6.45, 7) is 2.75. The second-order valence-corrected chi connectivity index (χ2v) is 11.6. The molecule has 0 aliphatic rings. The van der Waals surface area contributed by atoms with Gasteiger partial charge in [0.15, 0.2) is 0 Å². The highest BCUT2D eigenvalue weighted by Gasteiger charge is 2.35. The lowest BCUT2D eigenvalue weighted by Gasteiger charge is -2.33. The van der Waals surface area contributed by atoms with Gasteiger partial charge in [0.05, 0.1) is 22.5 Å². The molecular weight excluding hydrogens is 590 g/mol. The van der Waals surface area contributed by atoms with E-state index in [2.05, 4.69) is 5.32 Å². The number of alkyl halides is 3. The van der Waals surface area contributed by atoms with Gasteiger partial charge in [-0.1, -0.05) is 54.7 Å². The lowest BCUT2D eigenvalue weighted by molar-refractivity contribution is -0.140. The molecule has 0 saturated carbocycles. The minimum absolute atomic E-state index is 0.162. The Kier molecular flexibility index (Phi) is 11.1. The third-order valence-corrected chi connectivity index (χ3v) is 7.55. The fraction of sp³-hybridized carbons (Fsp3) is 0.417. The molecule has 0 radical (unpaired) electrons. The summed E-state index contributed by atoms with van der Waals surface area (Å²) >= 11 is 18.3. The Balaban J connectivity index is 2.56. The van der Waals surface area contributed by atoms with Crippen LogP contribution in [0, 0.1) is 0 Å². The van der Waals surface area contributed by atoms with Gasteiger partial charge < -0.3 is 10.2 Å². The minimum atomic E-state index is -4.78. The van der Waals surface area contributed by atoms with E-state index in [1.807, 2.05) is 6.92 Å². The van der Waals surface area contributed by atoms with Gasteiger partial charge in [0.2, 0.25) is 21.8 Å². The predicted octanol–water partition coefficient (Wildman–Crippen LogP) is 5.77. The number of carbonyl (C=O) groups is 2. The van der Waals surface area contributed by atoms with Crippen LogP contribution in [0.15, 0.2) is 36.4 Å². The van der Waals surface area contributed by atoms with Gasteiger partial charge in [-0.25, -0.2) is 8.42 Å². The molecule has 0 aliphatic heterocycles. The zero-order valence-electron chi connectivity index (χ0n) is 20.8. The Labute approximate surface area is 234 Å². The average molecular weight is 617 g/mol. The molecule has 0 fully saturated rings. The van der Waals surface area contributed by atoms with E-state index < -0.39 is 51.9 Å². The zero-order valence-corrected chi connectivity index (χ0v) is 23.9. The number of hydrogen-bond donors (Lipinski definition) is 1. The van der Waals surface area contributed by atoms with Crippen molar-refractivity contribution in [3.63, 3.8) is 0 Å². The molecule has 0 saturated heterocycles. The number of carbonyl (C=O) groups excluding carboxylic acids is 2. The second kappa shape index (κ2) is 13.2. The molecule has 2 aromatic carbocycles. The lowest BCUT2D eigenvalue weighted by Crippen LogP contribution is -2.52. The van der Waals surface area contributed by atoms with Gasteiger partial charge in [0.25, 0.3) is 0 Å². The molecule has 0 spiro atoms. The van der Waals surface area contributed by atoms with Crippen LogP contribution in [0.2, 0.25) is 15.1 Å². The minimum Gasteiger partial charge on any atom is -0.354 e. The van der Waals surface area contributed by atoms with Crippen molar-refractivity contribution >= 4 is 62.3 Å². The third kappa shape index (κ3) is 8.39.